The van der Waals surface area contributed by atoms with Gasteiger partial charge in [-0.05, 0) is 42.5 Å². The Kier molecular flexibility index (Phi) is 6.82. The molecule has 0 amide bonds. The van der Waals surface area contributed by atoms with Crippen LogP contribution in [-0.2, 0) is 11.4 Å². The fourth-order valence-electron chi connectivity index (χ4n) is 2.48. The fraction of sp³-hybridized carbons (Fsp3) is 0.143. The Morgan fingerprint density at radius 3 is 2.63 bits per heavy atom. The Bertz CT molecular complexity index is 1060. The van der Waals surface area contributed by atoms with E-state index in [9.17, 15) is 4.79 Å². The molecular weight excluding hydrogens is 412 g/mol. The van der Waals surface area contributed by atoms with Gasteiger partial charge in [0.15, 0.2) is 5.84 Å². The summed E-state index contributed by atoms with van der Waals surface area (Å²) in [4.78, 5) is 17.0. The van der Waals surface area contributed by atoms with Gasteiger partial charge >= 0.3 is 5.97 Å². The minimum Gasteiger partial charge on any atom is -0.497 e. The maximum Gasteiger partial charge on any atom is 0.400 e. The van der Waals surface area contributed by atoms with E-state index in [2.05, 4.69) is 5.16 Å². The number of nitrogens with zero attached hydrogens (tertiary/aromatic N) is 1. The zero-order valence-electron chi connectivity index (χ0n) is 16.3. The number of carbonyl (C=O) groups excluding carboxylic acids is 1. The molecule has 1 heterocycles. The summed E-state index contributed by atoms with van der Waals surface area (Å²) < 4.78 is 21.4. The maximum absolute atomic E-state index is 12.2. The number of hydrogen-bond acceptors (Lipinski definition) is 7. The van der Waals surface area contributed by atoms with Crippen molar-refractivity contribution in [2.24, 2.45) is 10.9 Å². The van der Waals surface area contributed by atoms with Crippen molar-refractivity contribution in [2.45, 2.75) is 6.61 Å². The summed E-state index contributed by atoms with van der Waals surface area (Å²) in [5.41, 5.74) is 6.27. The fourth-order valence-corrected chi connectivity index (χ4v) is 2.65. The van der Waals surface area contributed by atoms with Crippen LogP contribution in [0.5, 0.6) is 17.2 Å². The molecule has 0 spiro atoms. The van der Waals surface area contributed by atoms with Crippen LogP contribution in [0.25, 0.3) is 0 Å². The molecule has 0 aliphatic rings. The van der Waals surface area contributed by atoms with Gasteiger partial charge in [0.1, 0.15) is 29.6 Å². The van der Waals surface area contributed by atoms with Gasteiger partial charge in [-0.15, -0.1) is 0 Å². The standard InChI is InChI=1S/C21H19ClN2O6/c1-26-14-4-3-5-15(11-14)28-12-16-7-9-19(29-16)21(25)30-24-20(23)17-10-13(22)6-8-18(17)27-2/h3-11H,12H2,1-2H3,(H2,23,24). The van der Waals surface area contributed by atoms with E-state index in [-0.39, 0.29) is 18.2 Å². The van der Waals surface area contributed by atoms with Crippen LogP contribution >= 0.6 is 11.6 Å². The average molecular weight is 431 g/mol. The van der Waals surface area contributed by atoms with E-state index in [1.165, 1.54) is 13.2 Å². The van der Waals surface area contributed by atoms with Gasteiger partial charge in [0.05, 0.1) is 19.8 Å². The molecule has 0 atom stereocenters. The highest BCUT2D eigenvalue weighted by molar-refractivity contribution is 6.31. The van der Waals surface area contributed by atoms with Crippen molar-refractivity contribution in [1.82, 2.24) is 0 Å². The lowest BCUT2D eigenvalue weighted by atomic mass is 10.2. The van der Waals surface area contributed by atoms with Gasteiger partial charge in [0, 0.05) is 11.1 Å². The van der Waals surface area contributed by atoms with Crippen molar-refractivity contribution >= 4 is 23.4 Å². The molecule has 9 heteroatoms. The highest BCUT2D eigenvalue weighted by Gasteiger charge is 2.15. The van der Waals surface area contributed by atoms with Crippen molar-refractivity contribution in [3.63, 3.8) is 0 Å². The molecule has 2 aromatic carbocycles. The maximum atomic E-state index is 12.2. The van der Waals surface area contributed by atoms with Gasteiger partial charge in [0.2, 0.25) is 5.76 Å². The van der Waals surface area contributed by atoms with Gasteiger partial charge in [-0.2, -0.15) is 0 Å². The van der Waals surface area contributed by atoms with Crippen LogP contribution in [0, 0.1) is 0 Å². The van der Waals surface area contributed by atoms with E-state index in [0.717, 1.165) is 0 Å². The average Bonchev–Trinajstić information content (AvgIpc) is 3.25. The van der Waals surface area contributed by atoms with E-state index in [1.807, 2.05) is 0 Å². The molecule has 0 aliphatic heterocycles. The lowest BCUT2D eigenvalue weighted by Gasteiger charge is -2.07. The molecule has 0 radical (unpaired) electrons. The number of oxime groups is 1. The minimum atomic E-state index is -0.813. The lowest BCUT2D eigenvalue weighted by molar-refractivity contribution is 0.0475. The van der Waals surface area contributed by atoms with Gasteiger partial charge in [0.25, 0.3) is 0 Å². The van der Waals surface area contributed by atoms with Crippen LogP contribution in [0.2, 0.25) is 5.02 Å². The van der Waals surface area contributed by atoms with Crippen LogP contribution < -0.4 is 19.9 Å². The molecule has 0 fully saturated rings. The number of amidine groups is 1. The molecule has 156 valence electrons. The van der Waals surface area contributed by atoms with Crippen LogP contribution in [0.4, 0.5) is 0 Å². The summed E-state index contributed by atoms with van der Waals surface area (Å²) in [5, 5.41) is 4.08. The highest BCUT2D eigenvalue weighted by Crippen LogP contribution is 2.23. The SMILES string of the molecule is COc1cccc(OCc2ccc(C(=O)O/N=C(\N)c3cc(Cl)ccc3OC)o2)c1. The van der Waals surface area contributed by atoms with Gasteiger partial charge in [-0.3, -0.25) is 0 Å². The molecule has 8 nitrogen and oxygen atoms in total. The number of benzene rings is 2. The number of nitrogens with two attached hydrogens (primary N) is 1. The predicted octanol–water partition coefficient (Wildman–Crippen LogP) is 4.01. The van der Waals surface area contributed by atoms with E-state index in [4.69, 9.17) is 40.8 Å². The first-order chi connectivity index (χ1) is 14.5. The lowest BCUT2D eigenvalue weighted by Crippen LogP contribution is -2.16. The summed E-state index contributed by atoms with van der Waals surface area (Å²) in [6, 6.07) is 15.0. The van der Waals surface area contributed by atoms with Crippen molar-refractivity contribution < 1.29 is 28.3 Å². The normalized spacial score (nSPS) is 11.1. The number of rotatable bonds is 8. The van der Waals surface area contributed by atoms with E-state index >= 15 is 0 Å². The summed E-state index contributed by atoms with van der Waals surface area (Å²) in [7, 11) is 3.05. The second kappa shape index (κ2) is 9.71. The first-order valence-corrected chi connectivity index (χ1v) is 9.12. The Morgan fingerprint density at radius 2 is 1.87 bits per heavy atom. The summed E-state index contributed by atoms with van der Waals surface area (Å²) in [5.74, 6) is 1.20. The second-order valence-corrected chi connectivity index (χ2v) is 6.37. The van der Waals surface area contributed by atoms with Crippen LogP contribution in [-0.4, -0.2) is 26.0 Å². The summed E-state index contributed by atoms with van der Waals surface area (Å²) >= 11 is 5.96. The van der Waals surface area contributed by atoms with E-state index < -0.39 is 5.97 Å². The third kappa shape index (κ3) is 5.24. The molecule has 0 saturated heterocycles. The molecule has 1 aromatic heterocycles. The van der Waals surface area contributed by atoms with Crippen molar-refractivity contribution in [3.05, 3.63) is 76.7 Å². The molecule has 0 aliphatic carbocycles. The van der Waals surface area contributed by atoms with Gasteiger partial charge in [-0.25, -0.2) is 4.79 Å². The van der Waals surface area contributed by atoms with E-state index in [1.54, 1.807) is 55.6 Å². The third-order valence-corrected chi connectivity index (χ3v) is 4.18. The quantitative estimate of drug-likeness (QED) is 0.249. The first-order valence-electron chi connectivity index (χ1n) is 8.74. The van der Waals surface area contributed by atoms with Crippen molar-refractivity contribution in [1.29, 1.82) is 0 Å². The zero-order chi connectivity index (χ0) is 21.5. The molecule has 3 aromatic rings. The molecule has 3 rings (SSSR count). The topological polar surface area (TPSA) is 106 Å². The Hall–Kier alpha value is -3.65. The molecular formula is C21H19ClN2O6. The number of hydrogen-bond donors (Lipinski definition) is 1. The first kappa shape index (κ1) is 21.1. The van der Waals surface area contributed by atoms with Gasteiger partial charge in [-0.1, -0.05) is 22.8 Å². The Balaban J connectivity index is 1.62. The molecule has 0 saturated carbocycles. The monoisotopic (exact) mass is 430 g/mol. The smallest absolute Gasteiger partial charge is 0.400 e. The number of methoxy groups -OCH3 is 2. The van der Waals surface area contributed by atoms with Crippen LogP contribution in [0.15, 0.2) is 64.2 Å². The van der Waals surface area contributed by atoms with Gasteiger partial charge < -0.3 is 29.2 Å². The largest absolute Gasteiger partial charge is 0.497 e. The van der Waals surface area contributed by atoms with Crippen LogP contribution in [0.3, 0.4) is 0 Å². The zero-order valence-corrected chi connectivity index (χ0v) is 17.0. The summed E-state index contributed by atoms with van der Waals surface area (Å²) in [6.07, 6.45) is 0. The number of ether oxygens (including phenoxy) is 3. The Labute approximate surface area is 177 Å². The number of halogens is 1. The Morgan fingerprint density at radius 1 is 1.07 bits per heavy atom. The van der Waals surface area contributed by atoms with E-state index in [0.29, 0.717) is 33.6 Å². The molecule has 0 unspecified atom stereocenters. The van der Waals surface area contributed by atoms with Crippen LogP contribution in [0.1, 0.15) is 21.9 Å². The minimum absolute atomic E-state index is 0.0474. The highest BCUT2D eigenvalue weighted by atomic mass is 35.5. The van der Waals surface area contributed by atoms with Crippen molar-refractivity contribution in [3.8, 4) is 17.2 Å². The molecule has 2 N–H and O–H groups in total. The predicted molar refractivity (Wildman–Crippen MR) is 110 cm³/mol. The number of furan rings is 1. The summed E-state index contributed by atoms with van der Waals surface area (Å²) in [6.45, 7) is 0.117. The number of carbonyl (C=O) groups is 1. The van der Waals surface area contributed by atoms with Crippen molar-refractivity contribution in [2.75, 3.05) is 14.2 Å². The third-order valence-electron chi connectivity index (χ3n) is 3.95. The second-order valence-electron chi connectivity index (χ2n) is 5.93. The molecule has 0 bridgehead atoms. The molecule has 30 heavy (non-hydrogen) atoms.